The van der Waals surface area contributed by atoms with Gasteiger partial charge >= 0.3 is 0 Å². The van der Waals surface area contributed by atoms with E-state index in [4.69, 9.17) is 14.2 Å². The molecule has 1 atom stereocenters. The van der Waals surface area contributed by atoms with Gasteiger partial charge in [0.05, 0.1) is 27.9 Å². The number of benzene rings is 2. The first kappa shape index (κ1) is 22.5. The van der Waals surface area contributed by atoms with E-state index < -0.39 is 0 Å². The monoisotopic (exact) mass is 438 g/mol. The van der Waals surface area contributed by atoms with E-state index in [1.165, 1.54) is 24.0 Å². The summed E-state index contributed by atoms with van der Waals surface area (Å²) in [5.74, 6) is 2.53. The molecular weight excluding hydrogens is 404 g/mol. The van der Waals surface area contributed by atoms with Gasteiger partial charge in [-0.3, -0.25) is 9.69 Å². The van der Waals surface area contributed by atoms with Gasteiger partial charge in [0, 0.05) is 19.1 Å². The predicted molar refractivity (Wildman–Crippen MR) is 124 cm³/mol. The third-order valence-corrected chi connectivity index (χ3v) is 6.77. The Morgan fingerprint density at radius 3 is 2.31 bits per heavy atom. The van der Waals surface area contributed by atoms with Crippen molar-refractivity contribution in [2.24, 2.45) is 0 Å². The highest BCUT2D eigenvalue weighted by Crippen LogP contribution is 2.34. The third-order valence-electron chi connectivity index (χ3n) is 6.77. The van der Waals surface area contributed by atoms with Crippen molar-refractivity contribution in [3.8, 4) is 17.2 Å². The molecule has 2 aromatic rings. The van der Waals surface area contributed by atoms with Gasteiger partial charge in [0.1, 0.15) is 5.75 Å². The van der Waals surface area contributed by atoms with Gasteiger partial charge in [-0.2, -0.15) is 0 Å². The minimum Gasteiger partial charge on any atom is -0.497 e. The van der Waals surface area contributed by atoms with Crippen LogP contribution in [0.25, 0.3) is 0 Å². The standard InChI is InChI=1S/C26H34N2O4/c1-30-22-10-8-19(9-11-22)23-7-5-4-6-13-27(23)18-26(29)28-14-12-20-15-24(31-2)25(32-3)16-21(20)17-28/h8-11,15-16,23H,4-7,12-14,17-18H2,1-3H3. The SMILES string of the molecule is COc1ccc(C2CCCCCN2CC(=O)N2CCc3cc(OC)c(OC)cc3C2)cc1. The van der Waals surface area contributed by atoms with Crippen molar-refractivity contribution in [1.29, 1.82) is 0 Å². The number of amides is 1. The highest BCUT2D eigenvalue weighted by molar-refractivity contribution is 5.78. The number of hydrogen-bond acceptors (Lipinski definition) is 5. The summed E-state index contributed by atoms with van der Waals surface area (Å²) in [5, 5.41) is 0. The number of hydrogen-bond donors (Lipinski definition) is 0. The van der Waals surface area contributed by atoms with Crippen molar-refractivity contribution in [1.82, 2.24) is 9.80 Å². The summed E-state index contributed by atoms with van der Waals surface area (Å²) in [7, 11) is 4.99. The van der Waals surface area contributed by atoms with Crippen LogP contribution in [0, 0.1) is 0 Å². The molecule has 172 valence electrons. The number of nitrogens with zero attached hydrogens (tertiary/aromatic N) is 2. The summed E-state index contributed by atoms with van der Waals surface area (Å²) < 4.78 is 16.2. The maximum absolute atomic E-state index is 13.4. The first-order valence-corrected chi connectivity index (χ1v) is 11.5. The second-order valence-corrected chi connectivity index (χ2v) is 8.65. The van der Waals surface area contributed by atoms with Crippen LogP contribution < -0.4 is 14.2 Å². The molecule has 4 rings (SSSR count). The van der Waals surface area contributed by atoms with Crippen LogP contribution in [-0.2, 0) is 17.8 Å². The summed E-state index contributed by atoms with van der Waals surface area (Å²) >= 11 is 0. The predicted octanol–water partition coefficient (Wildman–Crippen LogP) is 4.21. The molecule has 6 heteroatoms. The van der Waals surface area contributed by atoms with E-state index in [1.807, 2.05) is 29.2 Å². The van der Waals surface area contributed by atoms with Gasteiger partial charge < -0.3 is 19.1 Å². The maximum Gasteiger partial charge on any atom is 0.237 e. The molecule has 6 nitrogen and oxygen atoms in total. The smallest absolute Gasteiger partial charge is 0.237 e. The van der Waals surface area contributed by atoms with E-state index in [-0.39, 0.29) is 11.9 Å². The molecule has 0 radical (unpaired) electrons. The number of ether oxygens (including phenoxy) is 3. The number of carbonyl (C=O) groups excluding carboxylic acids is 1. The third kappa shape index (κ3) is 4.85. The quantitative estimate of drug-likeness (QED) is 0.676. The maximum atomic E-state index is 13.4. The summed E-state index contributed by atoms with van der Waals surface area (Å²) in [6.45, 7) is 2.77. The Hall–Kier alpha value is -2.73. The Bertz CT molecular complexity index is 928. The zero-order valence-corrected chi connectivity index (χ0v) is 19.4. The lowest BCUT2D eigenvalue weighted by Crippen LogP contribution is -2.43. The summed E-state index contributed by atoms with van der Waals surface area (Å²) in [5.41, 5.74) is 3.64. The first-order chi connectivity index (χ1) is 15.6. The largest absolute Gasteiger partial charge is 0.497 e. The molecule has 0 saturated carbocycles. The lowest BCUT2D eigenvalue weighted by Gasteiger charge is -2.34. The van der Waals surface area contributed by atoms with Crippen LogP contribution in [0.2, 0.25) is 0 Å². The van der Waals surface area contributed by atoms with Gasteiger partial charge in [0.25, 0.3) is 0 Å². The van der Waals surface area contributed by atoms with E-state index in [9.17, 15) is 4.79 Å². The van der Waals surface area contributed by atoms with Crippen LogP contribution in [0.1, 0.15) is 48.4 Å². The molecule has 1 fully saturated rings. The van der Waals surface area contributed by atoms with E-state index in [1.54, 1.807) is 21.3 Å². The van der Waals surface area contributed by atoms with Crippen LogP contribution in [0.15, 0.2) is 36.4 Å². The van der Waals surface area contributed by atoms with Gasteiger partial charge in [-0.1, -0.05) is 25.0 Å². The Labute approximate surface area is 191 Å². The van der Waals surface area contributed by atoms with E-state index in [0.717, 1.165) is 49.4 Å². The Balaban J connectivity index is 1.48. The van der Waals surface area contributed by atoms with Crippen molar-refractivity contribution in [3.63, 3.8) is 0 Å². The van der Waals surface area contributed by atoms with Crippen LogP contribution in [0.3, 0.4) is 0 Å². The highest BCUT2D eigenvalue weighted by atomic mass is 16.5. The molecule has 0 aliphatic carbocycles. The minimum atomic E-state index is 0.200. The summed E-state index contributed by atoms with van der Waals surface area (Å²) in [6.07, 6.45) is 5.47. The molecule has 0 spiro atoms. The molecule has 32 heavy (non-hydrogen) atoms. The van der Waals surface area contributed by atoms with Gasteiger partial charge in [-0.05, 0) is 66.8 Å². The van der Waals surface area contributed by atoms with Gasteiger partial charge in [-0.15, -0.1) is 0 Å². The molecule has 1 amide bonds. The molecule has 2 heterocycles. The molecular formula is C26H34N2O4. The van der Waals surface area contributed by atoms with Crippen LogP contribution in [0.5, 0.6) is 17.2 Å². The minimum absolute atomic E-state index is 0.200. The fourth-order valence-corrected chi connectivity index (χ4v) is 4.93. The second kappa shape index (κ2) is 10.3. The van der Waals surface area contributed by atoms with Gasteiger partial charge in [0.15, 0.2) is 11.5 Å². The fourth-order valence-electron chi connectivity index (χ4n) is 4.93. The van der Waals surface area contributed by atoms with Crippen molar-refractivity contribution < 1.29 is 19.0 Å². The number of likely N-dealkylation sites (tertiary alicyclic amines) is 1. The Morgan fingerprint density at radius 1 is 0.906 bits per heavy atom. The van der Waals surface area contributed by atoms with Crippen molar-refractivity contribution in [3.05, 3.63) is 53.1 Å². The van der Waals surface area contributed by atoms with Crippen LogP contribution >= 0.6 is 0 Å². The topological polar surface area (TPSA) is 51.2 Å². The first-order valence-electron chi connectivity index (χ1n) is 11.5. The zero-order chi connectivity index (χ0) is 22.5. The normalized spacial score (nSPS) is 19.1. The zero-order valence-electron chi connectivity index (χ0n) is 19.4. The molecule has 2 aliphatic rings. The number of rotatable bonds is 6. The van der Waals surface area contributed by atoms with E-state index in [2.05, 4.69) is 17.0 Å². The average Bonchev–Trinajstić information content (AvgIpc) is 3.08. The van der Waals surface area contributed by atoms with Gasteiger partial charge in [0.2, 0.25) is 5.91 Å². The summed E-state index contributed by atoms with van der Waals surface area (Å²) in [4.78, 5) is 17.7. The highest BCUT2D eigenvalue weighted by Gasteiger charge is 2.28. The Kier molecular flexibility index (Phi) is 7.20. The molecule has 1 unspecified atom stereocenters. The van der Waals surface area contributed by atoms with Crippen LogP contribution in [-0.4, -0.2) is 56.7 Å². The van der Waals surface area contributed by atoms with E-state index in [0.29, 0.717) is 18.8 Å². The fraction of sp³-hybridized carbons (Fsp3) is 0.500. The second-order valence-electron chi connectivity index (χ2n) is 8.65. The Morgan fingerprint density at radius 2 is 1.62 bits per heavy atom. The van der Waals surface area contributed by atoms with Crippen molar-refractivity contribution in [2.45, 2.75) is 44.7 Å². The molecule has 0 bridgehead atoms. The van der Waals surface area contributed by atoms with Crippen molar-refractivity contribution in [2.75, 3.05) is 41.0 Å². The van der Waals surface area contributed by atoms with Crippen LogP contribution in [0.4, 0.5) is 0 Å². The molecule has 1 saturated heterocycles. The number of methoxy groups -OCH3 is 3. The number of carbonyl (C=O) groups is 1. The van der Waals surface area contributed by atoms with Crippen molar-refractivity contribution >= 4 is 5.91 Å². The molecule has 0 aromatic heterocycles. The average molecular weight is 439 g/mol. The molecule has 2 aromatic carbocycles. The molecule has 2 aliphatic heterocycles. The number of fused-ring (bicyclic) bond motifs is 1. The summed E-state index contributed by atoms with van der Waals surface area (Å²) in [6, 6.07) is 12.7. The van der Waals surface area contributed by atoms with Gasteiger partial charge in [-0.25, -0.2) is 0 Å². The lowest BCUT2D eigenvalue weighted by atomic mass is 9.98. The lowest BCUT2D eigenvalue weighted by molar-refractivity contribution is -0.134. The molecule has 0 N–H and O–H groups in total. The van der Waals surface area contributed by atoms with E-state index >= 15 is 0 Å².